The topological polar surface area (TPSA) is 43.7 Å². The first kappa shape index (κ1) is 22.8. The fourth-order valence-corrected chi connectivity index (χ4v) is 6.21. The van der Waals surface area contributed by atoms with E-state index in [1.165, 1.54) is 0 Å². The van der Waals surface area contributed by atoms with Crippen LogP contribution in [0.1, 0.15) is 40.0 Å². The van der Waals surface area contributed by atoms with Crippen LogP contribution in [0.4, 0.5) is 0 Å². The molecular weight excluding hydrogens is 468 g/mol. The maximum atomic E-state index is 14.0. The summed E-state index contributed by atoms with van der Waals surface area (Å²) in [6, 6.07) is 14.0. The summed E-state index contributed by atoms with van der Waals surface area (Å²) in [6.07, 6.45) is 3.42. The Morgan fingerprint density at radius 2 is 1.94 bits per heavy atom. The van der Waals surface area contributed by atoms with Crippen molar-refractivity contribution in [2.24, 2.45) is 0 Å². The highest BCUT2D eigenvalue weighted by atomic mass is 35.5. The third-order valence-corrected chi connectivity index (χ3v) is 8.03. The van der Waals surface area contributed by atoms with Gasteiger partial charge in [0.25, 0.3) is 5.91 Å². The molecule has 5 nitrogen and oxygen atoms in total. The van der Waals surface area contributed by atoms with Crippen LogP contribution in [0.25, 0.3) is 10.9 Å². The lowest BCUT2D eigenvalue weighted by Crippen LogP contribution is -2.40. The average molecular weight is 495 g/mol. The van der Waals surface area contributed by atoms with E-state index in [9.17, 15) is 4.79 Å². The Hall–Kier alpha value is -2.96. The predicted octanol–water partition coefficient (Wildman–Crippen LogP) is 6.38. The number of rotatable bonds is 6. The molecule has 0 radical (unpaired) electrons. The monoisotopic (exact) mass is 494 g/mol. The summed E-state index contributed by atoms with van der Waals surface area (Å²) in [5.41, 5.74) is 5.22. The molecule has 0 spiro atoms. The van der Waals surface area contributed by atoms with Crippen LogP contribution in [0.3, 0.4) is 0 Å². The number of aryl methyl sites for hydroxylation is 1. The smallest absolute Gasteiger partial charge is 0.256 e. The normalized spacial score (nSPS) is 15.4. The Morgan fingerprint density at radius 1 is 1.15 bits per heavy atom. The van der Waals surface area contributed by atoms with Crippen LogP contribution in [0.15, 0.2) is 54.0 Å². The number of para-hydroxylation sites is 1. The second kappa shape index (κ2) is 9.35. The number of thiophene rings is 1. The summed E-state index contributed by atoms with van der Waals surface area (Å²) in [6.45, 7) is 3.54. The molecule has 0 aliphatic carbocycles. The molecular formula is C27H27ClN2O3S. The molecule has 176 valence electrons. The highest BCUT2D eigenvalue weighted by Gasteiger charge is 2.34. The van der Waals surface area contributed by atoms with Gasteiger partial charge in [-0.3, -0.25) is 4.79 Å². The number of amides is 1. The summed E-state index contributed by atoms with van der Waals surface area (Å²) in [4.78, 5) is 16.0. The molecule has 0 bridgehead atoms. The molecule has 7 heteroatoms. The number of carbonyl (C=O) groups excluding carboxylic acids is 1. The number of halogens is 1. The van der Waals surface area contributed by atoms with Crippen LogP contribution in [-0.2, 0) is 19.4 Å². The van der Waals surface area contributed by atoms with Gasteiger partial charge in [-0.2, -0.15) is 0 Å². The minimum atomic E-state index is -0.109. The van der Waals surface area contributed by atoms with Crippen molar-refractivity contribution in [2.45, 2.75) is 32.4 Å². The van der Waals surface area contributed by atoms with Crippen molar-refractivity contribution < 1.29 is 14.3 Å². The average Bonchev–Trinajstić information content (AvgIpc) is 3.44. The molecule has 1 unspecified atom stereocenters. The van der Waals surface area contributed by atoms with Crippen molar-refractivity contribution >= 4 is 39.7 Å². The molecule has 1 amide bonds. The second-order valence-corrected chi connectivity index (χ2v) is 9.93. The first-order valence-electron chi connectivity index (χ1n) is 11.4. The second-order valence-electron chi connectivity index (χ2n) is 8.45. The van der Waals surface area contributed by atoms with Crippen LogP contribution in [-0.4, -0.2) is 36.1 Å². The van der Waals surface area contributed by atoms with Gasteiger partial charge in [0.2, 0.25) is 0 Å². The van der Waals surface area contributed by atoms with E-state index in [4.69, 9.17) is 21.1 Å². The SMILES string of the molecule is CCn1cc(C(=O)N2CCc3c(csc3Cl)C2Cc2ccc(OC)c(OC)c2)c2ccccc21. The third-order valence-electron chi connectivity index (χ3n) is 6.71. The number of methoxy groups -OCH3 is 2. The number of hydrogen-bond donors (Lipinski definition) is 0. The van der Waals surface area contributed by atoms with Gasteiger partial charge < -0.3 is 18.9 Å². The molecule has 0 N–H and O–H groups in total. The van der Waals surface area contributed by atoms with E-state index in [2.05, 4.69) is 22.9 Å². The van der Waals surface area contributed by atoms with Gasteiger partial charge in [-0.25, -0.2) is 0 Å². The standard InChI is InChI=1S/C27H27ClN2O3S/c1-4-29-15-20(18-7-5-6-8-22(18)29)27(31)30-12-11-19-21(16-34-26(19)28)23(30)13-17-9-10-24(32-2)25(14-17)33-3/h5-10,14-16,23H,4,11-13H2,1-3H3. The zero-order valence-electron chi connectivity index (χ0n) is 19.5. The summed E-state index contributed by atoms with van der Waals surface area (Å²) >= 11 is 8.08. The molecule has 0 fully saturated rings. The molecule has 1 aliphatic rings. The Kier molecular flexibility index (Phi) is 6.28. The van der Waals surface area contributed by atoms with Crippen molar-refractivity contribution in [3.63, 3.8) is 0 Å². The maximum absolute atomic E-state index is 14.0. The number of carbonyl (C=O) groups is 1. The first-order valence-corrected chi connectivity index (χ1v) is 12.7. The Morgan fingerprint density at radius 3 is 2.71 bits per heavy atom. The fourth-order valence-electron chi connectivity index (χ4n) is 4.98. The molecule has 1 aliphatic heterocycles. The van der Waals surface area contributed by atoms with Gasteiger partial charge in [-0.15, -0.1) is 11.3 Å². The lowest BCUT2D eigenvalue weighted by molar-refractivity contribution is 0.0662. The molecule has 3 heterocycles. The van der Waals surface area contributed by atoms with Crippen molar-refractivity contribution in [1.82, 2.24) is 9.47 Å². The predicted molar refractivity (Wildman–Crippen MR) is 138 cm³/mol. The number of fused-ring (bicyclic) bond motifs is 2. The minimum absolute atomic E-state index is 0.0573. The summed E-state index contributed by atoms with van der Waals surface area (Å²) in [7, 11) is 3.27. The number of ether oxygens (including phenoxy) is 2. The Balaban J connectivity index is 1.56. The van der Waals surface area contributed by atoms with E-state index in [1.807, 2.05) is 47.5 Å². The fraction of sp³-hybridized carbons (Fsp3) is 0.296. The van der Waals surface area contributed by atoms with Crippen molar-refractivity contribution in [2.75, 3.05) is 20.8 Å². The lowest BCUT2D eigenvalue weighted by atomic mass is 9.91. The number of benzene rings is 2. The molecule has 0 saturated heterocycles. The van der Waals surface area contributed by atoms with E-state index >= 15 is 0 Å². The summed E-state index contributed by atoms with van der Waals surface area (Å²) < 4.78 is 13.9. The van der Waals surface area contributed by atoms with Crippen molar-refractivity contribution in [1.29, 1.82) is 0 Å². The lowest BCUT2D eigenvalue weighted by Gasteiger charge is -2.36. The van der Waals surface area contributed by atoms with E-state index in [0.29, 0.717) is 24.5 Å². The molecule has 0 saturated carbocycles. The van der Waals surface area contributed by atoms with Gasteiger partial charge >= 0.3 is 0 Å². The van der Waals surface area contributed by atoms with Crippen LogP contribution in [0, 0.1) is 0 Å². The highest BCUT2D eigenvalue weighted by Crippen LogP contribution is 2.41. The maximum Gasteiger partial charge on any atom is 0.256 e. The van der Waals surface area contributed by atoms with E-state index in [0.717, 1.165) is 50.5 Å². The quantitative estimate of drug-likeness (QED) is 0.312. The van der Waals surface area contributed by atoms with E-state index in [1.54, 1.807) is 25.6 Å². The largest absolute Gasteiger partial charge is 0.493 e. The van der Waals surface area contributed by atoms with Gasteiger partial charge in [0.15, 0.2) is 11.5 Å². The van der Waals surface area contributed by atoms with Crippen molar-refractivity contribution in [3.05, 3.63) is 80.6 Å². The van der Waals surface area contributed by atoms with Gasteiger partial charge in [0.05, 0.1) is 30.2 Å². The van der Waals surface area contributed by atoms with Crippen LogP contribution >= 0.6 is 22.9 Å². The van der Waals surface area contributed by atoms with Gasteiger partial charge in [-0.1, -0.05) is 35.9 Å². The van der Waals surface area contributed by atoms with Crippen LogP contribution < -0.4 is 9.47 Å². The van der Waals surface area contributed by atoms with Crippen LogP contribution in [0.2, 0.25) is 4.34 Å². The first-order chi connectivity index (χ1) is 16.5. The molecule has 2 aromatic heterocycles. The zero-order chi connectivity index (χ0) is 23.8. The molecule has 34 heavy (non-hydrogen) atoms. The highest BCUT2D eigenvalue weighted by molar-refractivity contribution is 7.14. The van der Waals surface area contributed by atoms with Crippen LogP contribution in [0.5, 0.6) is 11.5 Å². The number of nitrogens with zero attached hydrogens (tertiary/aromatic N) is 2. The third kappa shape index (κ3) is 3.85. The van der Waals surface area contributed by atoms with Gasteiger partial charge in [0.1, 0.15) is 0 Å². The number of hydrogen-bond acceptors (Lipinski definition) is 4. The van der Waals surface area contributed by atoms with Gasteiger partial charge in [-0.05, 0) is 60.0 Å². The Bertz CT molecular complexity index is 1360. The molecule has 2 aromatic carbocycles. The van der Waals surface area contributed by atoms with E-state index in [-0.39, 0.29) is 11.9 Å². The molecule has 5 rings (SSSR count). The summed E-state index contributed by atoms with van der Waals surface area (Å²) in [5.74, 6) is 1.43. The van der Waals surface area contributed by atoms with E-state index < -0.39 is 0 Å². The van der Waals surface area contributed by atoms with Gasteiger partial charge in [0, 0.05) is 30.2 Å². The molecule has 4 aromatic rings. The number of aromatic nitrogens is 1. The summed E-state index contributed by atoms with van der Waals surface area (Å²) in [5, 5.41) is 3.10. The minimum Gasteiger partial charge on any atom is -0.493 e. The zero-order valence-corrected chi connectivity index (χ0v) is 21.1. The molecule has 1 atom stereocenters. The van der Waals surface area contributed by atoms with Crippen molar-refractivity contribution in [3.8, 4) is 11.5 Å². The Labute approximate surface area is 208 Å².